The maximum Gasteiger partial charge on any atom is 0.277 e. The molecule has 0 saturated carbocycles. The van der Waals surface area contributed by atoms with Gasteiger partial charge in [0.25, 0.3) is 5.91 Å². The third-order valence-corrected chi connectivity index (χ3v) is 5.17. The van der Waals surface area contributed by atoms with Crippen LogP contribution in [0.4, 0.5) is 5.69 Å². The molecule has 0 unspecified atom stereocenters. The van der Waals surface area contributed by atoms with E-state index in [0.29, 0.717) is 23.7 Å². The number of anilines is 1. The van der Waals surface area contributed by atoms with Crippen molar-refractivity contribution in [1.29, 1.82) is 0 Å². The summed E-state index contributed by atoms with van der Waals surface area (Å²) in [5.41, 5.74) is 3.46. The van der Waals surface area contributed by atoms with Crippen LogP contribution in [0.15, 0.2) is 85.3 Å². The van der Waals surface area contributed by atoms with E-state index in [1.807, 2.05) is 65.3 Å². The fourth-order valence-electron chi connectivity index (χ4n) is 3.52. The molecule has 0 atom stereocenters. The zero-order chi connectivity index (χ0) is 23.3. The number of rotatable bonds is 8. The normalized spacial score (nSPS) is 10.9. The summed E-state index contributed by atoms with van der Waals surface area (Å²) in [4.78, 5) is 17.2. The van der Waals surface area contributed by atoms with Gasteiger partial charge in [-0.1, -0.05) is 41.6 Å². The summed E-state index contributed by atoms with van der Waals surface area (Å²) in [5.74, 6) is 0.677. The molecular formula is C25H22N6O3. The fourth-order valence-corrected chi connectivity index (χ4v) is 3.52. The molecule has 0 aliphatic heterocycles. The highest BCUT2D eigenvalue weighted by atomic mass is 16.5. The van der Waals surface area contributed by atoms with Crippen molar-refractivity contribution in [3.05, 3.63) is 102 Å². The van der Waals surface area contributed by atoms with Crippen LogP contribution >= 0.6 is 0 Å². The molecule has 5 rings (SSSR count). The van der Waals surface area contributed by atoms with Crippen molar-refractivity contribution in [2.45, 2.75) is 13.2 Å². The summed E-state index contributed by atoms with van der Waals surface area (Å²) in [7, 11) is 1.57. The first-order valence-electron chi connectivity index (χ1n) is 10.7. The minimum atomic E-state index is -0.365. The highest BCUT2D eigenvalue weighted by Gasteiger charge is 2.14. The molecule has 9 nitrogen and oxygen atoms in total. The van der Waals surface area contributed by atoms with Crippen LogP contribution in [0.3, 0.4) is 0 Å². The predicted octanol–water partition coefficient (Wildman–Crippen LogP) is 3.81. The first-order chi connectivity index (χ1) is 16.7. The Kier molecular flexibility index (Phi) is 5.89. The number of imidazole rings is 1. The topological polar surface area (TPSA) is 95.6 Å². The number of ether oxygens (including phenoxy) is 2. The third-order valence-electron chi connectivity index (χ3n) is 5.17. The number of amides is 1. The van der Waals surface area contributed by atoms with E-state index in [4.69, 9.17) is 9.47 Å². The zero-order valence-electron chi connectivity index (χ0n) is 18.5. The number of nitrogens with one attached hydrogen (secondary N) is 1. The quantitative estimate of drug-likeness (QED) is 0.383. The monoisotopic (exact) mass is 454 g/mol. The minimum absolute atomic E-state index is 0.221. The van der Waals surface area contributed by atoms with Gasteiger partial charge in [0.2, 0.25) is 0 Å². The van der Waals surface area contributed by atoms with Crippen LogP contribution in [0.5, 0.6) is 11.5 Å². The van der Waals surface area contributed by atoms with Crippen LogP contribution in [0.1, 0.15) is 21.7 Å². The first-order valence-corrected chi connectivity index (χ1v) is 10.7. The summed E-state index contributed by atoms with van der Waals surface area (Å²) < 4.78 is 14.9. The lowest BCUT2D eigenvalue weighted by Gasteiger charge is -2.12. The number of hydrogen-bond acceptors (Lipinski definition) is 6. The van der Waals surface area contributed by atoms with Gasteiger partial charge >= 0.3 is 0 Å². The Hall–Kier alpha value is -4.66. The van der Waals surface area contributed by atoms with Crippen LogP contribution in [0.25, 0.3) is 5.65 Å². The summed E-state index contributed by atoms with van der Waals surface area (Å²) >= 11 is 0. The van der Waals surface area contributed by atoms with Gasteiger partial charge < -0.3 is 19.2 Å². The van der Waals surface area contributed by atoms with Crippen molar-refractivity contribution in [3.8, 4) is 11.5 Å². The molecule has 3 heterocycles. The van der Waals surface area contributed by atoms with Crippen LogP contribution in [-0.4, -0.2) is 37.4 Å². The average Bonchev–Trinajstić information content (AvgIpc) is 3.50. The fraction of sp³-hybridized carbons (Fsp3) is 0.120. The lowest BCUT2D eigenvalue weighted by atomic mass is 10.2. The Morgan fingerprint density at radius 3 is 2.68 bits per heavy atom. The highest BCUT2D eigenvalue weighted by Crippen LogP contribution is 2.31. The molecule has 0 fully saturated rings. The number of carbonyl (C=O) groups excluding carboxylic acids is 1. The highest BCUT2D eigenvalue weighted by molar-refractivity contribution is 6.02. The first kappa shape index (κ1) is 21.2. The van der Waals surface area contributed by atoms with Crippen LogP contribution in [0, 0.1) is 0 Å². The molecule has 0 aliphatic carbocycles. The van der Waals surface area contributed by atoms with Gasteiger partial charge in [-0.3, -0.25) is 4.79 Å². The molecule has 1 amide bonds. The largest absolute Gasteiger partial charge is 0.493 e. The number of hydrogen-bond donors (Lipinski definition) is 1. The van der Waals surface area contributed by atoms with Gasteiger partial charge in [-0.2, -0.15) is 0 Å². The van der Waals surface area contributed by atoms with E-state index in [-0.39, 0.29) is 18.2 Å². The number of benzene rings is 2. The molecule has 0 radical (unpaired) electrons. The van der Waals surface area contributed by atoms with Crippen molar-refractivity contribution in [2.75, 3.05) is 12.4 Å². The van der Waals surface area contributed by atoms with Crippen LogP contribution in [0.2, 0.25) is 0 Å². The Morgan fingerprint density at radius 2 is 1.85 bits per heavy atom. The molecule has 1 N–H and O–H groups in total. The van der Waals surface area contributed by atoms with Crippen molar-refractivity contribution < 1.29 is 14.3 Å². The Bertz CT molecular complexity index is 1390. The average molecular weight is 454 g/mol. The molecule has 2 aromatic carbocycles. The number of methoxy groups -OCH3 is 1. The second-order valence-corrected chi connectivity index (χ2v) is 7.59. The molecular weight excluding hydrogens is 432 g/mol. The molecule has 5 aromatic rings. The number of fused-ring (bicyclic) bond motifs is 1. The van der Waals surface area contributed by atoms with E-state index in [1.165, 1.54) is 0 Å². The standard InChI is InChI=1S/C25H22N6O3/c1-33-22-11-10-19(13-23(22)34-17-20-15-30-12-6-5-9-24(30)26-20)27-25(32)21-16-31(29-28-21)14-18-7-3-2-4-8-18/h2-13,15-16H,14,17H2,1H3,(H,27,32). The van der Waals surface area contributed by atoms with Crippen molar-refractivity contribution in [1.82, 2.24) is 24.4 Å². The number of nitrogens with zero attached hydrogens (tertiary/aromatic N) is 5. The second kappa shape index (κ2) is 9.45. The Balaban J connectivity index is 1.26. The zero-order valence-corrected chi connectivity index (χ0v) is 18.5. The molecule has 0 spiro atoms. The SMILES string of the molecule is COc1ccc(NC(=O)c2cn(Cc3ccccc3)nn2)cc1OCc1cn2ccccc2n1. The molecule has 3 aromatic heterocycles. The van der Waals surface area contributed by atoms with Gasteiger partial charge in [0.15, 0.2) is 17.2 Å². The van der Waals surface area contributed by atoms with E-state index in [0.717, 1.165) is 16.9 Å². The van der Waals surface area contributed by atoms with Gasteiger partial charge in [-0.15, -0.1) is 5.10 Å². The van der Waals surface area contributed by atoms with E-state index >= 15 is 0 Å². The summed E-state index contributed by atoms with van der Waals surface area (Å²) in [6, 6.07) is 20.8. The number of aromatic nitrogens is 5. The molecule has 0 bridgehead atoms. The minimum Gasteiger partial charge on any atom is -0.493 e. The smallest absolute Gasteiger partial charge is 0.277 e. The summed E-state index contributed by atoms with van der Waals surface area (Å²) in [6.07, 6.45) is 5.46. The van der Waals surface area contributed by atoms with Crippen molar-refractivity contribution >= 4 is 17.2 Å². The van der Waals surface area contributed by atoms with Crippen LogP contribution in [-0.2, 0) is 13.2 Å². The maximum atomic E-state index is 12.7. The van der Waals surface area contributed by atoms with Crippen LogP contribution < -0.4 is 14.8 Å². The molecule has 9 heteroatoms. The van der Waals surface area contributed by atoms with E-state index < -0.39 is 0 Å². The lowest BCUT2D eigenvalue weighted by molar-refractivity contribution is 0.102. The third kappa shape index (κ3) is 4.73. The number of pyridine rings is 1. The second-order valence-electron chi connectivity index (χ2n) is 7.59. The molecule has 0 aliphatic rings. The van der Waals surface area contributed by atoms with Gasteiger partial charge in [-0.05, 0) is 29.8 Å². The van der Waals surface area contributed by atoms with Crippen molar-refractivity contribution in [3.63, 3.8) is 0 Å². The summed E-state index contributed by atoms with van der Waals surface area (Å²) in [5, 5.41) is 10.9. The Morgan fingerprint density at radius 1 is 1.00 bits per heavy atom. The molecule has 170 valence electrons. The molecule has 34 heavy (non-hydrogen) atoms. The van der Waals surface area contributed by atoms with Gasteiger partial charge in [0, 0.05) is 24.1 Å². The summed E-state index contributed by atoms with van der Waals surface area (Å²) in [6.45, 7) is 0.786. The van der Waals surface area contributed by atoms with Gasteiger partial charge in [0.1, 0.15) is 12.3 Å². The van der Waals surface area contributed by atoms with E-state index in [9.17, 15) is 4.79 Å². The van der Waals surface area contributed by atoms with Gasteiger partial charge in [0.05, 0.1) is 25.5 Å². The van der Waals surface area contributed by atoms with E-state index in [1.54, 1.807) is 36.2 Å². The Labute approximate surface area is 195 Å². The van der Waals surface area contributed by atoms with E-state index in [2.05, 4.69) is 20.6 Å². The maximum absolute atomic E-state index is 12.7. The lowest BCUT2D eigenvalue weighted by Crippen LogP contribution is -2.12. The van der Waals surface area contributed by atoms with Crippen molar-refractivity contribution in [2.24, 2.45) is 0 Å². The van der Waals surface area contributed by atoms with Gasteiger partial charge in [-0.25, -0.2) is 9.67 Å². The molecule has 0 saturated heterocycles. The predicted molar refractivity (Wildman–Crippen MR) is 126 cm³/mol. The number of carbonyl (C=O) groups is 1.